The van der Waals surface area contributed by atoms with Crippen LogP contribution in [0.15, 0.2) is 18.3 Å². The van der Waals surface area contributed by atoms with Crippen LogP contribution in [0.2, 0.25) is 5.02 Å². The second-order valence-corrected chi connectivity index (χ2v) is 10.2. The normalized spacial score (nSPS) is 23.9. The largest absolute Gasteiger partial charge is 0.393 e. The molecule has 12 heteroatoms. The molecule has 2 aromatic heterocycles. The molecule has 2 heterocycles. The first-order valence-electron chi connectivity index (χ1n) is 12.5. The van der Waals surface area contributed by atoms with Gasteiger partial charge in [0.2, 0.25) is 17.8 Å². The molecule has 5 rings (SSSR count). The molecule has 0 spiro atoms. The van der Waals surface area contributed by atoms with Crippen molar-refractivity contribution in [2.45, 2.75) is 69.6 Å². The maximum Gasteiger partial charge on any atom is 0.224 e. The van der Waals surface area contributed by atoms with Crippen LogP contribution in [-0.2, 0) is 4.79 Å². The molecule has 37 heavy (non-hydrogen) atoms. The third-order valence-electron chi connectivity index (χ3n) is 7.28. The molecule has 0 aliphatic heterocycles. The van der Waals surface area contributed by atoms with Crippen LogP contribution in [0, 0.1) is 23.1 Å². The van der Waals surface area contributed by atoms with Crippen LogP contribution < -0.4 is 16.4 Å². The summed E-state index contributed by atoms with van der Waals surface area (Å²) in [5, 5.41) is 25.5. The molecule has 10 nitrogen and oxygen atoms in total. The van der Waals surface area contributed by atoms with Gasteiger partial charge in [0.05, 0.1) is 34.6 Å². The SMILES string of the molecule is N#Cc1cc(F)c(Nc2nc3cnc(N[C@@H]4CCC[C@H](O)C4)nc3n2C2CCC(C(N)=O)CC2)c(Cl)c1. The van der Waals surface area contributed by atoms with E-state index >= 15 is 0 Å². The van der Waals surface area contributed by atoms with Crippen LogP contribution in [0.5, 0.6) is 0 Å². The van der Waals surface area contributed by atoms with E-state index in [0.717, 1.165) is 25.3 Å². The third-order valence-corrected chi connectivity index (χ3v) is 7.58. The lowest BCUT2D eigenvalue weighted by Crippen LogP contribution is -2.30. The van der Waals surface area contributed by atoms with Crippen LogP contribution in [0.1, 0.15) is 63.0 Å². The number of imidazole rings is 1. The van der Waals surface area contributed by atoms with Crippen molar-refractivity contribution in [1.82, 2.24) is 19.5 Å². The van der Waals surface area contributed by atoms with Crippen molar-refractivity contribution in [3.63, 3.8) is 0 Å². The van der Waals surface area contributed by atoms with Crippen LogP contribution in [-0.4, -0.2) is 42.7 Å². The smallest absolute Gasteiger partial charge is 0.224 e. The van der Waals surface area contributed by atoms with Crippen molar-refractivity contribution in [2.24, 2.45) is 11.7 Å². The number of carbonyl (C=O) groups excluding carboxylic acids is 1. The molecule has 2 saturated carbocycles. The molecule has 1 amide bonds. The first-order valence-corrected chi connectivity index (χ1v) is 12.8. The van der Waals surface area contributed by atoms with Gasteiger partial charge in [0.1, 0.15) is 11.3 Å². The Morgan fingerprint density at radius 3 is 2.68 bits per heavy atom. The van der Waals surface area contributed by atoms with E-state index < -0.39 is 5.82 Å². The Kier molecular flexibility index (Phi) is 7.13. The van der Waals surface area contributed by atoms with E-state index in [-0.39, 0.29) is 46.3 Å². The van der Waals surface area contributed by atoms with Crippen LogP contribution in [0.3, 0.4) is 0 Å². The summed E-state index contributed by atoms with van der Waals surface area (Å²) in [6, 6.07) is 4.38. The number of rotatable bonds is 6. The lowest BCUT2D eigenvalue weighted by Gasteiger charge is -2.29. The second kappa shape index (κ2) is 10.5. The highest BCUT2D eigenvalue weighted by atomic mass is 35.5. The Balaban J connectivity index is 1.52. The van der Waals surface area contributed by atoms with Crippen molar-refractivity contribution >= 4 is 46.3 Å². The molecule has 0 saturated heterocycles. The number of aliphatic hydroxyl groups excluding tert-OH is 1. The van der Waals surface area contributed by atoms with E-state index in [4.69, 9.17) is 27.6 Å². The number of amides is 1. The summed E-state index contributed by atoms with van der Waals surface area (Å²) in [4.78, 5) is 25.5. The molecule has 194 valence electrons. The minimum Gasteiger partial charge on any atom is -0.393 e. The number of benzene rings is 1. The lowest BCUT2D eigenvalue weighted by atomic mass is 9.85. The Morgan fingerprint density at radius 2 is 2.00 bits per heavy atom. The zero-order valence-electron chi connectivity index (χ0n) is 20.1. The molecular weight excluding hydrogens is 499 g/mol. The molecule has 5 N–H and O–H groups in total. The number of nitrogens with zero attached hydrogens (tertiary/aromatic N) is 5. The van der Waals surface area contributed by atoms with E-state index in [1.165, 1.54) is 6.07 Å². The average Bonchev–Trinajstić information content (AvgIpc) is 3.23. The number of hydrogen-bond acceptors (Lipinski definition) is 8. The highest BCUT2D eigenvalue weighted by Crippen LogP contribution is 2.38. The number of aliphatic hydroxyl groups is 1. The molecule has 2 fully saturated rings. The van der Waals surface area contributed by atoms with E-state index in [1.807, 2.05) is 10.6 Å². The second-order valence-electron chi connectivity index (χ2n) is 9.83. The molecule has 0 radical (unpaired) electrons. The fraction of sp³-hybridized carbons (Fsp3) is 0.480. The van der Waals surface area contributed by atoms with Gasteiger partial charge >= 0.3 is 0 Å². The van der Waals surface area contributed by atoms with Crippen LogP contribution in [0.4, 0.5) is 22.0 Å². The van der Waals surface area contributed by atoms with E-state index in [9.17, 15) is 14.3 Å². The average molecular weight is 527 g/mol. The van der Waals surface area contributed by atoms with Crippen LogP contribution >= 0.6 is 11.6 Å². The first kappa shape index (κ1) is 25.2. The van der Waals surface area contributed by atoms with E-state index in [1.54, 1.807) is 6.20 Å². The maximum atomic E-state index is 14.9. The van der Waals surface area contributed by atoms with Gasteiger partial charge < -0.3 is 21.5 Å². The fourth-order valence-electron chi connectivity index (χ4n) is 5.36. The zero-order chi connectivity index (χ0) is 26.1. The number of halogens is 2. The van der Waals surface area contributed by atoms with Crippen molar-refractivity contribution in [3.8, 4) is 6.07 Å². The van der Waals surface area contributed by atoms with Crippen molar-refractivity contribution in [2.75, 3.05) is 10.6 Å². The van der Waals surface area contributed by atoms with E-state index in [2.05, 4.69) is 20.6 Å². The molecule has 3 aromatic rings. The summed E-state index contributed by atoms with van der Waals surface area (Å²) in [5.74, 6) is -0.403. The standard InChI is InChI=1S/C25H28ClFN8O2/c26-18-8-13(11-28)9-19(27)21(18)33-25-32-20-12-30-24(31-15-2-1-3-17(36)10-15)34-23(20)35(25)16-6-4-14(5-7-16)22(29)37/h8-9,12,14-17,36H,1-7,10H2,(H2,29,37)(H,32,33)(H,30,31,34)/t14?,15-,16?,17+/m1/s1. The number of nitrogens with two attached hydrogens (primary N) is 1. The van der Waals surface area contributed by atoms with Crippen LogP contribution in [0.25, 0.3) is 11.2 Å². The minimum absolute atomic E-state index is 0.00513. The fourth-order valence-corrected chi connectivity index (χ4v) is 5.61. The monoisotopic (exact) mass is 526 g/mol. The third kappa shape index (κ3) is 5.31. The molecule has 2 aliphatic rings. The number of aromatic nitrogens is 4. The quantitative estimate of drug-likeness (QED) is 0.373. The topological polar surface area (TPSA) is 155 Å². The number of primary amides is 1. The summed E-state index contributed by atoms with van der Waals surface area (Å²) >= 11 is 6.30. The van der Waals surface area contributed by atoms with Crippen molar-refractivity contribution in [1.29, 1.82) is 5.26 Å². The number of carbonyl (C=O) groups is 1. The molecular formula is C25H28ClFN8O2. The van der Waals surface area contributed by atoms with Gasteiger partial charge in [0, 0.05) is 18.0 Å². The number of hydrogen-bond donors (Lipinski definition) is 4. The highest BCUT2D eigenvalue weighted by molar-refractivity contribution is 6.33. The zero-order valence-corrected chi connectivity index (χ0v) is 20.9. The summed E-state index contributed by atoms with van der Waals surface area (Å²) in [7, 11) is 0. The van der Waals surface area contributed by atoms with E-state index in [0.29, 0.717) is 55.2 Å². The lowest BCUT2D eigenvalue weighted by molar-refractivity contribution is -0.122. The van der Waals surface area contributed by atoms with Crippen molar-refractivity contribution in [3.05, 3.63) is 34.7 Å². The number of anilines is 3. The Labute approximate surface area is 218 Å². The molecule has 2 atom stereocenters. The van der Waals surface area contributed by atoms with Crippen molar-refractivity contribution < 1.29 is 14.3 Å². The van der Waals surface area contributed by atoms with Gasteiger partial charge in [-0.25, -0.2) is 14.4 Å². The first-order chi connectivity index (χ1) is 17.8. The minimum atomic E-state index is -0.676. The summed E-state index contributed by atoms with van der Waals surface area (Å²) in [6.07, 6.45) is 7.11. The number of fused-ring (bicyclic) bond motifs is 1. The molecule has 1 aromatic carbocycles. The van der Waals surface area contributed by atoms with Gasteiger partial charge in [-0.2, -0.15) is 10.2 Å². The van der Waals surface area contributed by atoms with Gasteiger partial charge in [0.15, 0.2) is 5.65 Å². The predicted molar refractivity (Wildman–Crippen MR) is 137 cm³/mol. The number of nitrogens with one attached hydrogen (secondary N) is 2. The predicted octanol–water partition coefficient (Wildman–Crippen LogP) is 4.17. The maximum absolute atomic E-state index is 14.9. The molecule has 2 aliphatic carbocycles. The molecule has 0 bridgehead atoms. The van der Waals surface area contributed by atoms with Gasteiger partial charge in [-0.1, -0.05) is 11.6 Å². The summed E-state index contributed by atoms with van der Waals surface area (Å²) in [5.41, 5.74) is 6.72. The Bertz CT molecular complexity index is 1340. The van der Waals surface area contributed by atoms with Gasteiger partial charge in [-0.05, 0) is 63.5 Å². The summed E-state index contributed by atoms with van der Waals surface area (Å²) in [6.45, 7) is 0. The molecule has 0 unspecified atom stereocenters. The van der Waals surface area contributed by atoms with Gasteiger partial charge in [-0.15, -0.1) is 0 Å². The summed E-state index contributed by atoms with van der Waals surface area (Å²) < 4.78 is 16.8. The van der Waals surface area contributed by atoms with Gasteiger partial charge in [0.25, 0.3) is 0 Å². The number of nitriles is 1. The van der Waals surface area contributed by atoms with Gasteiger partial charge in [-0.3, -0.25) is 9.36 Å². The highest BCUT2D eigenvalue weighted by Gasteiger charge is 2.30. The Hall–Kier alpha value is -3.49. The Morgan fingerprint density at radius 1 is 1.22 bits per heavy atom.